The number of carbonyl (C=O) groups excluding carboxylic acids is 1. The highest BCUT2D eigenvalue weighted by atomic mass is 35.5. The van der Waals surface area contributed by atoms with E-state index in [1.807, 2.05) is 6.07 Å². The molecule has 0 radical (unpaired) electrons. The van der Waals surface area contributed by atoms with Crippen LogP contribution in [0.15, 0.2) is 12.1 Å². The van der Waals surface area contributed by atoms with E-state index in [0.717, 1.165) is 6.07 Å². The number of hydrogen-bond donors (Lipinski definition) is 1. The summed E-state index contributed by atoms with van der Waals surface area (Å²) in [5.41, 5.74) is -1.12. The molecule has 0 saturated carbocycles. The molecule has 1 heterocycles. The van der Waals surface area contributed by atoms with Gasteiger partial charge in [-0.05, 0) is 65.2 Å². The number of benzene rings is 1. The van der Waals surface area contributed by atoms with E-state index in [4.69, 9.17) is 31.1 Å². The Morgan fingerprint density at radius 3 is 2.50 bits per heavy atom. The van der Waals surface area contributed by atoms with E-state index < -0.39 is 28.8 Å². The zero-order valence-corrected chi connectivity index (χ0v) is 17.6. The first-order valence-electron chi connectivity index (χ1n) is 9.02. The first kappa shape index (κ1) is 22.4. The summed E-state index contributed by atoms with van der Waals surface area (Å²) in [4.78, 5) is 12.3. The van der Waals surface area contributed by atoms with E-state index in [0.29, 0.717) is 12.0 Å². The molecule has 1 aromatic rings. The Labute approximate surface area is 169 Å². The van der Waals surface area contributed by atoms with Crippen molar-refractivity contribution in [2.45, 2.75) is 64.4 Å². The lowest BCUT2D eigenvalue weighted by Crippen LogP contribution is -2.61. The fraction of sp³-hybridized carbons (Fsp3) is 0.600. The summed E-state index contributed by atoms with van der Waals surface area (Å²) in [5, 5.41) is 12.0. The number of rotatable bonds is 4. The van der Waals surface area contributed by atoms with Gasteiger partial charge in [-0.3, -0.25) is 0 Å². The zero-order chi connectivity index (χ0) is 21.2. The van der Waals surface area contributed by atoms with Gasteiger partial charge in [-0.1, -0.05) is 11.6 Å². The summed E-state index contributed by atoms with van der Waals surface area (Å²) < 4.78 is 31.1. The lowest BCUT2D eigenvalue weighted by atomic mass is 9.91. The maximum absolute atomic E-state index is 14.3. The van der Waals surface area contributed by atoms with Crippen LogP contribution in [0.3, 0.4) is 0 Å². The maximum atomic E-state index is 14.3. The molecular formula is C20H26ClFN2O4. The third-order valence-electron chi connectivity index (χ3n) is 4.29. The van der Waals surface area contributed by atoms with Crippen molar-refractivity contribution in [3.8, 4) is 6.07 Å². The van der Waals surface area contributed by atoms with Gasteiger partial charge >= 0.3 is 6.09 Å². The highest BCUT2D eigenvalue weighted by Gasteiger charge is 2.42. The lowest BCUT2D eigenvalue weighted by molar-refractivity contribution is -0.271. The second-order valence-electron chi connectivity index (χ2n) is 8.42. The first-order valence-corrected chi connectivity index (χ1v) is 9.40. The van der Waals surface area contributed by atoms with E-state index in [1.54, 1.807) is 34.6 Å². The van der Waals surface area contributed by atoms with Crippen molar-refractivity contribution in [2.75, 3.05) is 13.2 Å². The van der Waals surface area contributed by atoms with Crippen molar-refractivity contribution in [1.29, 1.82) is 5.26 Å². The number of alkyl carbamates (subject to hydrolysis) is 1. The van der Waals surface area contributed by atoms with Gasteiger partial charge in [0.1, 0.15) is 17.5 Å². The van der Waals surface area contributed by atoms with Crippen LogP contribution >= 0.6 is 11.6 Å². The molecule has 1 aliphatic heterocycles. The maximum Gasteiger partial charge on any atom is 0.408 e. The quantitative estimate of drug-likeness (QED) is 0.796. The molecule has 0 aliphatic carbocycles. The highest BCUT2D eigenvalue weighted by Crippen LogP contribution is 2.29. The minimum Gasteiger partial charge on any atom is -0.444 e. The van der Waals surface area contributed by atoms with Crippen molar-refractivity contribution in [1.82, 2.24) is 5.32 Å². The van der Waals surface area contributed by atoms with Gasteiger partial charge in [-0.2, -0.15) is 5.26 Å². The van der Waals surface area contributed by atoms with Crippen molar-refractivity contribution < 1.29 is 23.4 Å². The molecule has 1 amide bonds. The molecule has 0 aromatic heterocycles. The normalized spacial score (nSPS) is 18.2. The average Bonchev–Trinajstić information content (AvgIpc) is 2.56. The van der Waals surface area contributed by atoms with Gasteiger partial charge in [0.05, 0.1) is 29.3 Å². The van der Waals surface area contributed by atoms with Crippen LogP contribution in [0.4, 0.5) is 9.18 Å². The Bertz CT molecular complexity index is 774. The van der Waals surface area contributed by atoms with Crippen LogP contribution in [-0.2, 0) is 20.6 Å². The van der Waals surface area contributed by atoms with Gasteiger partial charge in [0.2, 0.25) is 0 Å². The second-order valence-corrected chi connectivity index (χ2v) is 8.83. The van der Waals surface area contributed by atoms with Crippen molar-refractivity contribution in [3.63, 3.8) is 0 Å². The fourth-order valence-electron chi connectivity index (χ4n) is 2.75. The van der Waals surface area contributed by atoms with Gasteiger partial charge in [0.25, 0.3) is 0 Å². The van der Waals surface area contributed by atoms with E-state index in [9.17, 15) is 9.18 Å². The number of nitriles is 1. The predicted molar refractivity (Wildman–Crippen MR) is 103 cm³/mol. The van der Waals surface area contributed by atoms with Crippen LogP contribution in [0.2, 0.25) is 5.02 Å². The van der Waals surface area contributed by atoms with Crippen LogP contribution in [0.1, 0.15) is 52.2 Å². The van der Waals surface area contributed by atoms with Gasteiger partial charge in [0, 0.05) is 0 Å². The van der Waals surface area contributed by atoms with Crippen molar-refractivity contribution in [2.24, 2.45) is 0 Å². The van der Waals surface area contributed by atoms with E-state index in [-0.39, 0.29) is 30.2 Å². The topological polar surface area (TPSA) is 80.6 Å². The molecule has 0 bridgehead atoms. The largest absolute Gasteiger partial charge is 0.444 e. The molecule has 1 saturated heterocycles. The smallest absolute Gasteiger partial charge is 0.408 e. The molecule has 8 heteroatoms. The van der Waals surface area contributed by atoms with Crippen LogP contribution < -0.4 is 5.32 Å². The summed E-state index contributed by atoms with van der Waals surface area (Å²) in [6.07, 6.45) is -0.000427. The van der Waals surface area contributed by atoms with Crippen molar-refractivity contribution in [3.05, 3.63) is 34.1 Å². The third-order valence-corrected chi connectivity index (χ3v) is 4.60. The SMILES string of the molecule is CC(C)(C)OC(=O)NC1(CCc2cc(Cl)c(C#N)cc2F)COC(C)(C)OC1. The van der Waals surface area contributed by atoms with Gasteiger partial charge in [-0.25, -0.2) is 9.18 Å². The molecule has 0 unspecified atom stereocenters. The minimum absolute atomic E-state index is 0.0793. The number of amides is 1. The Balaban J connectivity index is 2.18. The number of hydrogen-bond acceptors (Lipinski definition) is 5. The molecule has 28 heavy (non-hydrogen) atoms. The molecular weight excluding hydrogens is 387 g/mol. The van der Waals surface area contributed by atoms with Crippen LogP contribution in [-0.4, -0.2) is 36.2 Å². The molecule has 0 atom stereocenters. The summed E-state index contributed by atoms with van der Waals surface area (Å²) in [6.45, 7) is 9.24. The Kier molecular flexibility index (Phi) is 6.59. The fourth-order valence-corrected chi connectivity index (χ4v) is 2.97. The summed E-state index contributed by atoms with van der Waals surface area (Å²) in [5.74, 6) is -1.30. The summed E-state index contributed by atoms with van der Waals surface area (Å²) in [7, 11) is 0. The average molecular weight is 413 g/mol. The molecule has 0 spiro atoms. The van der Waals surface area contributed by atoms with E-state index >= 15 is 0 Å². The molecule has 154 valence electrons. The number of nitrogens with zero attached hydrogens (tertiary/aromatic N) is 1. The number of ether oxygens (including phenoxy) is 3. The molecule has 6 nitrogen and oxygen atoms in total. The molecule has 2 rings (SSSR count). The van der Waals surface area contributed by atoms with Gasteiger partial charge in [0.15, 0.2) is 5.79 Å². The molecule has 1 aromatic carbocycles. The summed E-state index contributed by atoms with van der Waals surface area (Å²) in [6, 6.07) is 4.40. The zero-order valence-electron chi connectivity index (χ0n) is 16.8. The second kappa shape index (κ2) is 8.24. The standard InChI is InChI=1S/C20H26ClFN2O4/c1-18(2,3)28-17(25)24-20(11-26-19(4,5)27-12-20)7-6-13-8-15(21)14(10-23)9-16(13)22/h8-9H,6-7,11-12H2,1-5H3,(H,24,25). The Morgan fingerprint density at radius 1 is 1.36 bits per heavy atom. The molecule has 1 fully saturated rings. The number of carbonyl (C=O) groups is 1. The number of nitrogens with one attached hydrogen (secondary N) is 1. The Morgan fingerprint density at radius 2 is 1.96 bits per heavy atom. The lowest BCUT2D eigenvalue weighted by Gasteiger charge is -2.44. The Hall–Kier alpha value is -1.88. The van der Waals surface area contributed by atoms with E-state index in [1.165, 1.54) is 6.07 Å². The number of halogens is 2. The van der Waals surface area contributed by atoms with Crippen LogP contribution in [0.5, 0.6) is 0 Å². The van der Waals surface area contributed by atoms with Crippen LogP contribution in [0.25, 0.3) is 0 Å². The minimum atomic E-state index is -0.884. The highest BCUT2D eigenvalue weighted by molar-refractivity contribution is 6.31. The molecule has 1 aliphatic rings. The first-order chi connectivity index (χ1) is 12.8. The number of aryl methyl sites for hydroxylation is 1. The summed E-state index contributed by atoms with van der Waals surface area (Å²) >= 11 is 6.02. The predicted octanol–water partition coefficient (Wildman–Crippen LogP) is 4.33. The van der Waals surface area contributed by atoms with E-state index in [2.05, 4.69) is 5.32 Å². The van der Waals surface area contributed by atoms with Gasteiger partial charge in [-0.15, -0.1) is 0 Å². The van der Waals surface area contributed by atoms with Crippen LogP contribution in [0, 0.1) is 17.1 Å². The third kappa shape index (κ3) is 6.06. The molecule has 1 N–H and O–H groups in total. The van der Waals surface area contributed by atoms with Crippen molar-refractivity contribution >= 4 is 17.7 Å². The van der Waals surface area contributed by atoms with Gasteiger partial charge < -0.3 is 19.5 Å². The monoisotopic (exact) mass is 412 g/mol.